The fourth-order valence-electron chi connectivity index (χ4n) is 2.16. The summed E-state index contributed by atoms with van der Waals surface area (Å²) < 4.78 is 1.80. The van der Waals surface area contributed by atoms with Gasteiger partial charge in [0.05, 0.1) is 12.2 Å². The third kappa shape index (κ3) is 4.43. The van der Waals surface area contributed by atoms with E-state index in [0.29, 0.717) is 12.2 Å². The monoisotopic (exact) mass is 286 g/mol. The van der Waals surface area contributed by atoms with E-state index in [1.165, 1.54) is 5.56 Å². The summed E-state index contributed by atoms with van der Waals surface area (Å²) >= 11 is 0. The van der Waals surface area contributed by atoms with Crippen molar-refractivity contribution < 1.29 is 4.79 Å². The number of nitrogens with two attached hydrogens (primary N) is 1. The number of carbonyl (C=O) groups excluding carboxylic acids is 1. The number of anilines is 1. The van der Waals surface area contributed by atoms with Gasteiger partial charge >= 0.3 is 0 Å². The van der Waals surface area contributed by atoms with Crippen molar-refractivity contribution in [3.05, 3.63) is 48.2 Å². The zero-order valence-electron chi connectivity index (χ0n) is 12.3. The summed E-state index contributed by atoms with van der Waals surface area (Å²) in [6, 6.07) is 11.5. The molecule has 1 unspecified atom stereocenters. The Balaban J connectivity index is 1.94. The molecule has 5 heteroatoms. The maximum absolute atomic E-state index is 11.9. The first-order valence-corrected chi connectivity index (χ1v) is 7.33. The van der Waals surface area contributed by atoms with Gasteiger partial charge in [-0.3, -0.25) is 4.79 Å². The number of nitrogens with zero attached hydrogens (tertiary/aromatic N) is 2. The quantitative estimate of drug-likeness (QED) is 0.819. The summed E-state index contributed by atoms with van der Waals surface area (Å²) in [5.74, 6) is 0.542. The Morgan fingerprint density at radius 3 is 2.81 bits per heavy atom. The molecule has 3 N–H and O–H groups in total. The molecule has 0 saturated carbocycles. The lowest BCUT2D eigenvalue weighted by molar-refractivity contribution is -0.117. The normalized spacial score (nSPS) is 12.1. The van der Waals surface area contributed by atoms with Crippen LogP contribution in [0.4, 0.5) is 5.82 Å². The van der Waals surface area contributed by atoms with Gasteiger partial charge in [-0.2, -0.15) is 5.10 Å². The second-order valence-corrected chi connectivity index (χ2v) is 5.06. The van der Waals surface area contributed by atoms with Crippen molar-refractivity contribution in [1.82, 2.24) is 9.78 Å². The molecule has 1 heterocycles. The molecule has 112 valence electrons. The van der Waals surface area contributed by atoms with Crippen LogP contribution in [0.2, 0.25) is 0 Å². The van der Waals surface area contributed by atoms with Crippen LogP contribution in [0.25, 0.3) is 0 Å². The minimum Gasteiger partial charge on any atom is -0.320 e. The zero-order chi connectivity index (χ0) is 15.1. The molecule has 1 atom stereocenters. The summed E-state index contributed by atoms with van der Waals surface area (Å²) in [7, 11) is 0. The van der Waals surface area contributed by atoms with E-state index in [1.807, 2.05) is 25.1 Å². The Kier molecular flexibility index (Phi) is 5.51. The summed E-state index contributed by atoms with van der Waals surface area (Å²) in [5.41, 5.74) is 7.06. The van der Waals surface area contributed by atoms with Gasteiger partial charge in [0.2, 0.25) is 5.91 Å². The van der Waals surface area contributed by atoms with Crippen LogP contribution in [0.1, 0.15) is 25.3 Å². The van der Waals surface area contributed by atoms with E-state index in [4.69, 9.17) is 5.73 Å². The smallest absolute Gasteiger partial charge is 0.242 e. The van der Waals surface area contributed by atoms with Gasteiger partial charge in [-0.1, -0.05) is 43.7 Å². The molecule has 2 rings (SSSR count). The molecule has 0 bridgehead atoms. The van der Waals surface area contributed by atoms with Gasteiger partial charge in [0.25, 0.3) is 0 Å². The molecule has 0 aliphatic heterocycles. The third-order valence-electron chi connectivity index (χ3n) is 3.36. The van der Waals surface area contributed by atoms with Crippen molar-refractivity contribution in [3.8, 4) is 0 Å². The predicted molar refractivity (Wildman–Crippen MR) is 83.9 cm³/mol. The van der Waals surface area contributed by atoms with Gasteiger partial charge < -0.3 is 11.1 Å². The van der Waals surface area contributed by atoms with Gasteiger partial charge in [-0.15, -0.1) is 0 Å². The summed E-state index contributed by atoms with van der Waals surface area (Å²) in [5, 5.41) is 7.10. The Morgan fingerprint density at radius 2 is 2.10 bits per heavy atom. The number of amides is 1. The van der Waals surface area contributed by atoms with E-state index in [-0.39, 0.29) is 5.91 Å². The highest BCUT2D eigenvalue weighted by Gasteiger charge is 2.14. The third-order valence-corrected chi connectivity index (χ3v) is 3.36. The van der Waals surface area contributed by atoms with E-state index in [9.17, 15) is 4.79 Å². The van der Waals surface area contributed by atoms with Crippen molar-refractivity contribution in [2.24, 2.45) is 5.73 Å². The molecule has 1 amide bonds. The van der Waals surface area contributed by atoms with Crippen LogP contribution < -0.4 is 11.1 Å². The van der Waals surface area contributed by atoms with E-state index in [1.54, 1.807) is 16.9 Å². The van der Waals surface area contributed by atoms with Crippen molar-refractivity contribution >= 4 is 11.7 Å². The van der Waals surface area contributed by atoms with Crippen LogP contribution >= 0.6 is 0 Å². The summed E-state index contributed by atoms with van der Waals surface area (Å²) in [4.78, 5) is 11.9. The highest BCUT2D eigenvalue weighted by Crippen LogP contribution is 2.09. The second kappa shape index (κ2) is 7.59. The Labute approximate surface area is 125 Å². The highest BCUT2D eigenvalue weighted by molar-refractivity contribution is 5.93. The average molecular weight is 286 g/mol. The van der Waals surface area contributed by atoms with Crippen LogP contribution in [-0.4, -0.2) is 21.7 Å². The van der Waals surface area contributed by atoms with Crippen LogP contribution in [0, 0.1) is 0 Å². The lowest BCUT2D eigenvalue weighted by atomic mass is 10.1. The minimum atomic E-state index is -0.465. The van der Waals surface area contributed by atoms with Crippen LogP contribution in [0.5, 0.6) is 0 Å². The van der Waals surface area contributed by atoms with Gasteiger partial charge in [-0.05, 0) is 18.4 Å². The fraction of sp³-hybridized carbons (Fsp3) is 0.375. The number of carbonyl (C=O) groups is 1. The van der Waals surface area contributed by atoms with Crippen molar-refractivity contribution in [1.29, 1.82) is 0 Å². The largest absolute Gasteiger partial charge is 0.320 e. The van der Waals surface area contributed by atoms with E-state index in [2.05, 4.69) is 22.5 Å². The Bertz CT molecular complexity index is 565. The minimum absolute atomic E-state index is 0.154. The topological polar surface area (TPSA) is 72.9 Å². The molecular weight excluding hydrogens is 264 g/mol. The number of aryl methyl sites for hydroxylation is 2. The lowest BCUT2D eigenvalue weighted by Gasteiger charge is -2.12. The predicted octanol–water partition coefficient (Wildman–Crippen LogP) is 2.19. The molecule has 0 aliphatic rings. The van der Waals surface area contributed by atoms with Crippen molar-refractivity contribution in [2.45, 2.75) is 38.8 Å². The maximum atomic E-state index is 11.9. The number of hydrogen-bond acceptors (Lipinski definition) is 3. The van der Waals surface area contributed by atoms with Gasteiger partial charge in [-0.25, -0.2) is 4.68 Å². The van der Waals surface area contributed by atoms with Crippen molar-refractivity contribution in [2.75, 3.05) is 5.32 Å². The van der Waals surface area contributed by atoms with Gasteiger partial charge in [0.15, 0.2) is 0 Å². The molecule has 0 aliphatic carbocycles. The molecule has 2 aromatic rings. The van der Waals surface area contributed by atoms with E-state index < -0.39 is 6.04 Å². The Morgan fingerprint density at radius 1 is 1.33 bits per heavy atom. The number of aromatic nitrogens is 2. The lowest BCUT2D eigenvalue weighted by Crippen LogP contribution is -2.36. The van der Waals surface area contributed by atoms with Gasteiger partial charge in [0.1, 0.15) is 5.82 Å². The van der Waals surface area contributed by atoms with Crippen LogP contribution in [0.3, 0.4) is 0 Å². The maximum Gasteiger partial charge on any atom is 0.242 e. The van der Waals surface area contributed by atoms with E-state index in [0.717, 1.165) is 19.4 Å². The molecule has 1 aromatic carbocycles. The average Bonchev–Trinajstić information content (AvgIpc) is 2.93. The van der Waals surface area contributed by atoms with Crippen LogP contribution in [0.15, 0.2) is 42.6 Å². The number of hydrogen-bond donors (Lipinski definition) is 2. The first-order valence-electron chi connectivity index (χ1n) is 7.33. The highest BCUT2D eigenvalue weighted by atomic mass is 16.2. The molecule has 5 nitrogen and oxygen atoms in total. The standard InChI is InChI=1S/C16H22N4O/c1-2-6-14(17)16(21)19-15-9-11-18-20(15)12-10-13-7-4-3-5-8-13/h3-5,7-9,11,14H,2,6,10,12,17H2,1H3,(H,19,21). The zero-order valence-corrected chi connectivity index (χ0v) is 12.3. The fourth-order valence-corrected chi connectivity index (χ4v) is 2.16. The van der Waals surface area contributed by atoms with Crippen molar-refractivity contribution in [3.63, 3.8) is 0 Å². The van der Waals surface area contributed by atoms with E-state index >= 15 is 0 Å². The molecular formula is C16H22N4O. The molecule has 0 spiro atoms. The summed E-state index contributed by atoms with van der Waals surface area (Å²) in [6.45, 7) is 2.73. The number of nitrogens with one attached hydrogen (secondary N) is 1. The molecule has 0 saturated heterocycles. The van der Waals surface area contributed by atoms with Gasteiger partial charge in [0, 0.05) is 12.6 Å². The number of benzene rings is 1. The Hall–Kier alpha value is -2.14. The molecule has 21 heavy (non-hydrogen) atoms. The molecule has 0 fully saturated rings. The molecule has 0 radical (unpaired) electrons. The first-order chi connectivity index (χ1) is 10.2. The molecule has 1 aromatic heterocycles. The second-order valence-electron chi connectivity index (χ2n) is 5.06. The van der Waals surface area contributed by atoms with Crippen LogP contribution in [-0.2, 0) is 17.8 Å². The number of rotatable bonds is 7. The summed E-state index contributed by atoms with van der Waals surface area (Å²) in [6.07, 6.45) is 4.13. The first kappa shape index (κ1) is 15.3. The SMILES string of the molecule is CCCC(N)C(=O)Nc1ccnn1CCc1ccccc1.